The maximum Gasteiger partial charge on any atom is 0.201 e. The van der Waals surface area contributed by atoms with Crippen molar-refractivity contribution in [3.8, 4) is 0 Å². The first-order valence-electron chi connectivity index (χ1n) is 6.70. The number of rotatable bonds is 8. The van der Waals surface area contributed by atoms with Gasteiger partial charge in [0.25, 0.3) is 0 Å². The van der Waals surface area contributed by atoms with E-state index in [0.29, 0.717) is 32.3 Å². The molecule has 110 valence electrons. The summed E-state index contributed by atoms with van der Waals surface area (Å²) < 4.78 is 25.4. The van der Waals surface area contributed by atoms with Crippen molar-refractivity contribution in [1.29, 1.82) is 0 Å². The highest BCUT2D eigenvalue weighted by Crippen LogP contribution is 2.19. The van der Waals surface area contributed by atoms with Crippen LogP contribution in [-0.2, 0) is 16.0 Å². The van der Waals surface area contributed by atoms with E-state index in [2.05, 4.69) is 4.98 Å². The van der Waals surface area contributed by atoms with Gasteiger partial charge in [-0.1, -0.05) is 0 Å². The molecule has 0 atom stereocenters. The fraction of sp³-hybridized carbons (Fsp3) is 0.500. The number of imidazole rings is 1. The topological polar surface area (TPSA) is 62.3 Å². The predicted molar refractivity (Wildman–Crippen MR) is 76.0 cm³/mol. The van der Waals surface area contributed by atoms with Gasteiger partial charge in [-0.05, 0) is 31.0 Å². The van der Waals surface area contributed by atoms with Gasteiger partial charge in [0.05, 0.1) is 24.2 Å². The number of aromatic nitrogens is 2. The van der Waals surface area contributed by atoms with Crippen LogP contribution < -0.4 is 5.73 Å². The number of methoxy groups -OCH3 is 1. The summed E-state index contributed by atoms with van der Waals surface area (Å²) in [5, 5.41) is 0. The first kappa shape index (κ1) is 14.7. The highest BCUT2D eigenvalue weighted by molar-refractivity contribution is 5.78. The van der Waals surface area contributed by atoms with Crippen molar-refractivity contribution in [1.82, 2.24) is 9.55 Å². The molecule has 2 N–H and O–H groups in total. The quantitative estimate of drug-likeness (QED) is 0.753. The van der Waals surface area contributed by atoms with Crippen LogP contribution in [0.15, 0.2) is 18.2 Å². The Hall–Kier alpha value is -1.66. The van der Waals surface area contributed by atoms with Gasteiger partial charge in [-0.15, -0.1) is 0 Å². The molecule has 2 rings (SSSR count). The average molecular weight is 281 g/mol. The number of nitrogens with two attached hydrogens (primary N) is 1. The van der Waals surface area contributed by atoms with Gasteiger partial charge in [0.2, 0.25) is 5.95 Å². The van der Waals surface area contributed by atoms with Gasteiger partial charge in [-0.2, -0.15) is 0 Å². The third-order valence-corrected chi connectivity index (χ3v) is 3.09. The molecule has 0 aliphatic heterocycles. The lowest BCUT2D eigenvalue weighted by Crippen LogP contribution is -2.06. The highest BCUT2D eigenvalue weighted by atomic mass is 19.1. The first-order valence-corrected chi connectivity index (χ1v) is 6.70. The number of nitrogens with zero attached hydrogens (tertiary/aromatic N) is 2. The van der Waals surface area contributed by atoms with Crippen molar-refractivity contribution in [2.45, 2.75) is 19.4 Å². The number of benzene rings is 1. The number of hydrogen-bond donors (Lipinski definition) is 1. The van der Waals surface area contributed by atoms with Crippen LogP contribution in [0, 0.1) is 5.82 Å². The van der Waals surface area contributed by atoms with Crippen LogP contribution in [0.1, 0.15) is 12.8 Å². The minimum Gasteiger partial charge on any atom is -0.382 e. The van der Waals surface area contributed by atoms with Crippen LogP contribution in [0.5, 0.6) is 0 Å². The summed E-state index contributed by atoms with van der Waals surface area (Å²) in [5.74, 6) is 0.146. The number of fused-ring (bicyclic) bond motifs is 1. The third kappa shape index (κ3) is 3.68. The fourth-order valence-electron chi connectivity index (χ4n) is 2.07. The van der Waals surface area contributed by atoms with E-state index in [1.807, 2.05) is 4.57 Å². The van der Waals surface area contributed by atoms with Gasteiger partial charge >= 0.3 is 0 Å². The van der Waals surface area contributed by atoms with Gasteiger partial charge < -0.3 is 19.8 Å². The van der Waals surface area contributed by atoms with E-state index in [0.717, 1.165) is 23.9 Å². The van der Waals surface area contributed by atoms with E-state index in [1.165, 1.54) is 12.1 Å². The second kappa shape index (κ2) is 7.21. The molecule has 2 aromatic rings. The van der Waals surface area contributed by atoms with Gasteiger partial charge in [0.15, 0.2) is 0 Å². The molecule has 1 aromatic carbocycles. The van der Waals surface area contributed by atoms with Gasteiger partial charge in [-0.25, -0.2) is 9.37 Å². The van der Waals surface area contributed by atoms with Crippen molar-refractivity contribution < 1.29 is 13.9 Å². The summed E-state index contributed by atoms with van der Waals surface area (Å²) >= 11 is 0. The standard InChI is InChI=1S/C14H20FN3O2/c1-19-8-9-20-7-3-2-6-18-13-10-11(15)4-5-12(13)17-14(18)16/h4-5,10H,2-3,6-9H2,1H3,(H2,16,17). The molecule has 0 bridgehead atoms. The number of anilines is 1. The largest absolute Gasteiger partial charge is 0.382 e. The van der Waals surface area contributed by atoms with Crippen molar-refractivity contribution in [3.05, 3.63) is 24.0 Å². The van der Waals surface area contributed by atoms with Crippen LogP contribution >= 0.6 is 0 Å². The number of halogens is 1. The minimum absolute atomic E-state index is 0.276. The average Bonchev–Trinajstić information content (AvgIpc) is 2.73. The number of ether oxygens (including phenoxy) is 2. The summed E-state index contributed by atoms with van der Waals surface area (Å²) in [4.78, 5) is 4.22. The van der Waals surface area contributed by atoms with Crippen molar-refractivity contribution in [3.63, 3.8) is 0 Å². The Morgan fingerprint density at radius 3 is 2.90 bits per heavy atom. The number of hydrogen-bond acceptors (Lipinski definition) is 4. The molecule has 0 unspecified atom stereocenters. The molecule has 6 heteroatoms. The van der Waals surface area contributed by atoms with E-state index < -0.39 is 0 Å². The Morgan fingerprint density at radius 1 is 1.25 bits per heavy atom. The first-order chi connectivity index (χ1) is 9.72. The molecule has 20 heavy (non-hydrogen) atoms. The monoisotopic (exact) mass is 281 g/mol. The van der Waals surface area contributed by atoms with Crippen LogP contribution in [0.25, 0.3) is 11.0 Å². The predicted octanol–water partition coefficient (Wildman–Crippen LogP) is 2.20. The zero-order valence-electron chi connectivity index (χ0n) is 11.6. The molecule has 0 saturated carbocycles. The van der Waals surface area contributed by atoms with Crippen LogP contribution in [-0.4, -0.2) is 36.5 Å². The Labute approximate surface area is 117 Å². The molecule has 0 amide bonds. The molecule has 0 aliphatic rings. The Kier molecular flexibility index (Phi) is 5.31. The van der Waals surface area contributed by atoms with Gasteiger partial charge in [-0.3, -0.25) is 0 Å². The lowest BCUT2D eigenvalue weighted by Gasteiger charge is -2.07. The zero-order chi connectivity index (χ0) is 14.4. The van der Waals surface area contributed by atoms with E-state index in [-0.39, 0.29) is 5.82 Å². The van der Waals surface area contributed by atoms with Crippen LogP contribution in [0.3, 0.4) is 0 Å². The maximum atomic E-state index is 13.3. The molecule has 1 aromatic heterocycles. The molecular formula is C14H20FN3O2. The van der Waals surface area contributed by atoms with Crippen LogP contribution in [0.2, 0.25) is 0 Å². The molecule has 0 spiro atoms. The summed E-state index contributed by atoms with van der Waals surface area (Å²) in [6.45, 7) is 2.61. The number of aryl methyl sites for hydroxylation is 1. The lowest BCUT2D eigenvalue weighted by molar-refractivity contribution is 0.0684. The molecular weight excluding hydrogens is 261 g/mol. The smallest absolute Gasteiger partial charge is 0.201 e. The van der Waals surface area contributed by atoms with Crippen LogP contribution in [0.4, 0.5) is 10.3 Å². The molecule has 0 aliphatic carbocycles. The van der Waals surface area contributed by atoms with E-state index in [9.17, 15) is 4.39 Å². The summed E-state index contributed by atoms with van der Waals surface area (Å²) in [6, 6.07) is 4.50. The van der Waals surface area contributed by atoms with Crippen molar-refractivity contribution in [2.24, 2.45) is 0 Å². The number of nitrogen functional groups attached to an aromatic ring is 1. The van der Waals surface area contributed by atoms with E-state index >= 15 is 0 Å². The van der Waals surface area contributed by atoms with Crippen molar-refractivity contribution in [2.75, 3.05) is 32.7 Å². The number of unbranched alkanes of at least 4 members (excludes halogenated alkanes) is 1. The van der Waals surface area contributed by atoms with Crippen molar-refractivity contribution >= 4 is 17.0 Å². The SMILES string of the molecule is COCCOCCCCn1c(N)nc2ccc(F)cc21. The molecule has 1 heterocycles. The highest BCUT2D eigenvalue weighted by Gasteiger charge is 2.08. The molecule has 5 nitrogen and oxygen atoms in total. The summed E-state index contributed by atoms with van der Waals surface area (Å²) in [5.41, 5.74) is 7.33. The second-order valence-corrected chi connectivity index (χ2v) is 4.57. The summed E-state index contributed by atoms with van der Waals surface area (Å²) in [7, 11) is 1.65. The molecule has 0 radical (unpaired) electrons. The molecule has 0 saturated heterocycles. The maximum absolute atomic E-state index is 13.3. The Balaban J connectivity index is 1.86. The Morgan fingerprint density at radius 2 is 2.10 bits per heavy atom. The normalized spacial score (nSPS) is 11.3. The minimum atomic E-state index is -0.276. The van der Waals surface area contributed by atoms with Gasteiger partial charge in [0.1, 0.15) is 5.82 Å². The summed E-state index contributed by atoms with van der Waals surface area (Å²) in [6.07, 6.45) is 1.82. The third-order valence-electron chi connectivity index (χ3n) is 3.09. The van der Waals surface area contributed by atoms with Gasteiger partial charge in [0, 0.05) is 20.3 Å². The fourth-order valence-corrected chi connectivity index (χ4v) is 2.07. The Bertz CT molecular complexity index is 557. The lowest BCUT2D eigenvalue weighted by atomic mass is 10.3. The van der Waals surface area contributed by atoms with E-state index in [1.54, 1.807) is 13.2 Å². The van der Waals surface area contributed by atoms with E-state index in [4.69, 9.17) is 15.2 Å². The second-order valence-electron chi connectivity index (χ2n) is 4.57. The zero-order valence-corrected chi connectivity index (χ0v) is 11.6. The molecule has 0 fully saturated rings.